The van der Waals surface area contributed by atoms with E-state index < -0.39 is 0 Å². The minimum atomic E-state index is 0.109. The second-order valence-corrected chi connectivity index (χ2v) is 11.6. The van der Waals surface area contributed by atoms with Gasteiger partial charge in [-0.1, -0.05) is 98.7 Å². The van der Waals surface area contributed by atoms with Gasteiger partial charge in [-0.05, 0) is 52.3 Å². The lowest BCUT2D eigenvalue weighted by Gasteiger charge is -2.29. The Bertz CT molecular complexity index is 937. The fourth-order valence-electron chi connectivity index (χ4n) is 4.27. The lowest BCUT2D eigenvalue weighted by atomic mass is 9.78. The Labute approximate surface area is 195 Å². The average molecular weight is 435 g/mol. The SMILES string of the molecule is CCC1=C(CC)N(c2c(CC)cccc2-c2cc(C(C)(C)C)cc(C(C)(C)C)c2)[CH]S1. The van der Waals surface area contributed by atoms with E-state index in [1.54, 1.807) is 0 Å². The number of aryl methyl sites for hydroxylation is 1. The molecule has 0 saturated carbocycles. The van der Waals surface area contributed by atoms with Gasteiger partial charge < -0.3 is 4.90 Å². The summed E-state index contributed by atoms with van der Waals surface area (Å²) in [6.07, 6.45) is 3.18. The van der Waals surface area contributed by atoms with Crippen molar-refractivity contribution in [3.05, 3.63) is 69.6 Å². The summed E-state index contributed by atoms with van der Waals surface area (Å²) >= 11 is 1.90. The van der Waals surface area contributed by atoms with Crippen LogP contribution in [0.5, 0.6) is 0 Å². The van der Waals surface area contributed by atoms with Gasteiger partial charge in [-0.3, -0.25) is 0 Å². The van der Waals surface area contributed by atoms with Crippen molar-refractivity contribution in [1.82, 2.24) is 0 Å². The first-order valence-corrected chi connectivity index (χ1v) is 12.7. The third-order valence-electron chi connectivity index (χ3n) is 6.29. The summed E-state index contributed by atoms with van der Waals surface area (Å²) in [5, 5.41) is 0. The number of thioether (sulfide) groups is 1. The van der Waals surface area contributed by atoms with Crippen LogP contribution in [0, 0.1) is 5.88 Å². The molecule has 0 amide bonds. The number of anilines is 1. The van der Waals surface area contributed by atoms with Crippen LogP contribution in [0.15, 0.2) is 47.0 Å². The van der Waals surface area contributed by atoms with E-state index in [0.29, 0.717) is 0 Å². The van der Waals surface area contributed by atoms with Crippen molar-refractivity contribution in [2.45, 2.75) is 92.4 Å². The number of allylic oxidation sites excluding steroid dienone is 2. The highest BCUT2D eigenvalue weighted by atomic mass is 32.2. The lowest BCUT2D eigenvalue weighted by Crippen LogP contribution is -2.18. The largest absolute Gasteiger partial charge is 0.328 e. The molecule has 0 atom stereocenters. The summed E-state index contributed by atoms with van der Waals surface area (Å²) in [4.78, 5) is 3.98. The van der Waals surface area contributed by atoms with E-state index in [2.05, 4.69) is 109 Å². The standard InChI is InChI=1S/C29H40NS/c1-10-20-14-13-15-24(27(20)30-19-31-26(12-3)25(30)11-2)21-16-22(28(4,5)6)18-23(17-21)29(7,8)9/h13-19H,10-12H2,1-9H3. The van der Waals surface area contributed by atoms with E-state index in [-0.39, 0.29) is 10.8 Å². The van der Waals surface area contributed by atoms with Gasteiger partial charge in [-0.25, -0.2) is 0 Å². The second kappa shape index (κ2) is 9.06. The van der Waals surface area contributed by atoms with Gasteiger partial charge in [0.2, 0.25) is 0 Å². The van der Waals surface area contributed by atoms with E-state index >= 15 is 0 Å². The van der Waals surface area contributed by atoms with Crippen LogP contribution in [0.3, 0.4) is 0 Å². The minimum absolute atomic E-state index is 0.109. The van der Waals surface area contributed by atoms with Gasteiger partial charge in [0, 0.05) is 16.2 Å². The molecule has 0 spiro atoms. The van der Waals surface area contributed by atoms with Crippen LogP contribution in [-0.4, -0.2) is 0 Å². The fraction of sp³-hybridized carbons (Fsp3) is 0.483. The number of hydrogen-bond acceptors (Lipinski definition) is 2. The monoisotopic (exact) mass is 434 g/mol. The Hall–Kier alpha value is -1.67. The van der Waals surface area contributed by atoms with E-state index in [4.69, 9.17) is 0 Å². The molecule has 2 heteroatoms. The quantitative estimate of drug-likeness (QED) is 0.461. The molecule has 1 aliphatic rings. The number of rotatable bonds is 5. The van der Waals surface area contributed by atoms with Crippen LogP contribution in [-0.2, 0) is 17.3 Å². The van der Waals surface area contributed by atoms with Gasteiger partial charge in [0.05, 0.1) is 5.69 Å². The first kappa shape index (κ1) is 24.0. The van der Waals surface area contributed by atoms with Gasteiger partial charge in [0.25, 0.3) is 0 Å². The molecular formula is C29H40NS. The predicted molar refractivity (Wildman–Crippen MR) is 141 cm³/mol. The van der Waals surface area contributed by atoms with Crippen molar-refractivity contribution >= 4 is 17.4 Å². The summed E-state index contributed by atoms with van der Waals surface area (Å²) < 4.78 is 0. The molecule has 31 heavy (non-hydrogen) atoms. The molecule has 0 aromatic heterocycles. The normalized spacial score (nSPS) is 15.2. The number of para-hydroxylation sites is 1. The molecule has 0 bridgehead atoms. The molecule has 2 aromatic carbocycles. The molecule has 2 aromatic rings. The molecule has 1 nitrogen and oxygen atoms in total. The number of nitrogens with zero attached hydrogens (tertiary/aromatic N) is 1. The van der Waals surface area contributed by atoms with Crippen LogP contribution in [0.1, 0.15) is 91.8 Å². The first-order valence-electron chi connectivity index (χ1n) is 11.8. The van der Waals surface area contributed by atoms with E-state index in [1.807, 2.05) is 11.8 Å². The highest BCUT2D eigenvalue weighted by Gasteiger charge is 2.28. The Morgan fingerprint density at radius 2 is 1.39 bits per heavy atom. The topological polar surface area (TPSA) is 3.24 Å². The molecular weight excluding hydrogens is 394 g/mol. The zero-order valence-corrected chi connectivity index (χ0v) is 21.8. The molecule has 0 saturated heterocycles. The highest BCUT2D eigenvalue weighted by molar-refractivity contribution is 8.05. The summed E-state index contributed by atoms with van der Waals surface area (Å²) in [6, 6.07) is 14.1. The Balaban J connectivity index is 2.29. The van der Waals surface area contributed by atoms with Gasteiger partial charge in [-0.2, -0.15) is 0 Å². The van der Waals surface area contributed by atoms with E-state index in [0.717, 1.165) is 19.3 Å². The van der Waals surface area contributed by atoms with Crippen molar-refractivity contribution in [2.24, 2.45) is 0 Å². The molecule has 0 fully saturated rings. The second-order valence-electron chi connectivity index (χ2n) is 10.6. The zero-order valence-electron chi connectivity index (χ0n) is 21.0. The highest BCUT2D eigenvalue weighted by Crippen LogP contribution is 2.47. The van der Waals surface area contributed by atoms with Gasteiger partial charge in [0.1, 0.15) is 5.88 Å². The van der Waals surface area contributed by atoms with Crippen LogP contribution in [0.2, 0.25) is 0 Å². The first-order chi connectivity index (χ1) is 14.5. The molecule has 1 heterocycles. The smallest absolute Gasteiger partial charge is 0.114 e. The third-order valence-corrected chi connectivity index (χ3v) is 7.41. The van der Waals surface area contributed by atoms with Crippen molar-refractivity contribution in [2.75, 3.05) is 4.90 Å². The summed E-state index contributed by atoms with van der Waals surface area (Å²) in [5.41, 5.74) is 9.94. The van der Waals surface area contributed by atoms with Crippen molar-refractivity contribution < 1.29 is 0 Å². The Morgan fingerprint density at radius 3 is 1.87 bits per heavy atom. The van der Waals surface area contributed by atoms with Crippen LogP contribution < -0.4 is 4.90 Å². The van der Waals surface area contributed by atoms with Gasteiger partial charge in [0.15, 0.2) is 0 Å². The van der Waals surface area contributed by atoms with Crippen molar-refractivity contribution in [3.63, 3.8) is 0 Å². The van der Waals surface area contributed by atoms with Crippen LogP contribution >= 0.6 is 11.8 Å². The van der Waals surface area contributed by atoms with E-state index in [1.165, 1.54) is 44.1 Å². The summed E-state index contributed by atoms with van der Waals surface area (Å²) in [5.74, 6) is 2.33. The molecule has 1 aliphatic heterocycles. The Kier molecular flexibility index (Phi) is 7.01. The van der Waals surface area contributed by atoms with Crippen LogP contribution in [0.25, 0.3) is 11.1 Å². The molecule has 3 rings (SSSR count). The molecule has 0 N–H and O–H groups in total. The molecule has 0 aliphatic carbocycles. The van der Waals surface area contributed by atoms with Gasteiger partial charge in [-0.15, -0.1) is 11.8 Å². The number of benzene rings is 2. The Morgan fingerprint density at radius 1 is 0.774 bits per heavy atom. The maximum Gasteiger partial charge on any atom is 0.114 e. The zero-order chi connectivity index (χ0) is 23.0. The summed E-state index contributed by atoms with van der Waals surface area (Å²) in [6.45, 7) is 20.7. The summed E-state index contributed by atoms with van der Waals surface area (Å²) in [7, 11) is 0. The maximum atomic E-state index is 2.48. The predicted octanol–water partition coefficient (Wildman–Crippen LogP) is 9.22. The average Bonchev–Trinajstić information content (AvgIpc) is 3.14. The van der Waals surface area contributed by atoms with Gasteiger partial charge >= 0.3 is 0 Å². The minimum Gasteiger partial charge on any atom is -0.328 e. The molecule has 0 unspecified atom stereocenters. The fourth-order valence-corrected chi connectivity index (χ4v) is 5.28. The number of hydrogen-bond donors (Lipinski definition) is 0. The van der Waals surface area contributed by atoms with E-state index in [9.17, 15) is 0 Å². The molecule has 1 radical (unpaired) electrons. The molecule has 167 valence electrons. The maximum absolute atomic E-state index is 2.48. The third kappa shape index (κ3) is 4.90. The van der Waals surface area contributed by atoms with Crippen molar-refractivity contribution in [3.8, 4) is 11.1 Å². The lowest BCUT2D eigenvalue weighted by molar-refractivity contribution is 0.569. The van der Waals surface area contributed by atoms with Crippen LogP contribution in [0.4, 0.5) is 5.69 Å². The van der Waals surface area contributed by atoms with Crippen molar-refractivity contribution in [1.29, 1.82) is 0 Å².